The lowest BCUT2D eigenvalue weighted by Gasteiger charge is -2.33. The highest BCUT2D eigenvalue weighted by atomic mass is 15.2. The van der Waals surface area contributed by atoms with Crippen molar-refractivity contribution in [2.75, 3.05) is 9.80 Å². The molecule has 0 fully saturated rings. The van der Waals surface area contributed by atoms with Crippen LogP contribution in [0.2, 0.25) is 0 Å². The van der Waals surface area contributed by atoms with Crippen LogP contribution in [-0.2, 0) is 51.4 Å². The number of rotatable bonds is 6. The monoisotopic (exact) mass is 846 g/mol. The molecule has 0 spiro atoms. The molecule has 66 heavy (non-hydrogen) atoms. The number of hydrogen-bond acceptors (Lipinski definition) is 2. The summed E-state index contributed by atoms with van der Waals surface area (Å²) in [6, 6.07) is 61.3. The topological polar surface area (TPSA) is 6.48 Å². The van der Waals surface area contributed by atoms with Crippen LogP contribution in [0.15, 0.2) is 158 Å². The summed E-state index contributed by atoms with van der Waals surface area (Å²) in [5, 5.41) is 11.4. The molecule has 2 heteroatoms. The molecule has 0 aliphatic heterocycles. The second-order valence-electron chi connectivity index (χ2n) is 19.9. The van der Waals surface area contributed by atoms with Gasteiger partial charge in [-0.3, -0.25) is 0 Å². The molecule has 316 valence electrons. The average molecular weight is 847 g/mol. The summed E-state index contributed by atoms with van der Waals surface area (Å²) in [7, 11) is 0. The van der Waals surface area contributed by atoms with Crippen molar-refractivity contribution in [2.45, 2.75) is 77.0 Å². The Hall–Kier alpha value is -7.16. The van der Waals surface area contributed by atoms with Crippen LogP contribution >= 0.6 is 0 Å². The summed E-state index contributed by atoms with van der Waals surface area (Å²) in [4.78, 5) is 5.13. The molecule has 0 amide bonds. The second-order valence-corrected chi connectivity index (χ2v) is 19.9. The van der Waals surface area contributed by atoms with E-state index in [-0.39, 0.29) is 0 Å². The van der Waals surface area contributed by atoms with Gasteiger partial charge in [0, 0.05) is 22.7 Å². The molecule has 2 nitrogen and oxygen atoms in total. The van der Waals surface area contributed by atoms with E-state index in [9.17, 15) is 0 Å². The van der Waals surface area contributed by atoms with Gasteiger partial charge in [0.05, 0.1) is 11.4 Å². The van der Waals surface area contributed by atoms with Crippen molar-refractivity contribution in [1.82, 2.24) is 0 Å². The Labute approximate surface area is 386 Å². The minimum Gasteiger partial charge on any atom is -0.310 e. The predicted molar refractivity (Wildman–Crippen MR) is 278 cm³/mol. The highest BCUT2D eigenvalue weighted by Gasteiger charge is 2.30. The molecular weight excluding hydrogens is 797 g/mol. The van der Waals surface area contributed by atoms with Gasteiger partial charge in [-0.25, -0.2) is 0 Å². The Morgan fingerprint density at radius 3 is 1.05 bits per heavy atom. The number of para-hydroxylation sites is 2. The van der Waals surface area contributed by atoms with Crippen molar-refractivity contribution >= 4 is 77.2 Å². The van der Waals surface area contributed by atoms with E-state index in [4.69, 9.17) is 0 Å². The molecule has 15 rings (SSSR count). The molecule has 0 saturated carbocycles. The van der Waals surface area contributed by atoms with Crippen molar-refractivity contribution in [3.05, 3.63) is 202 Å². The molecule has 0 unspecified atom stereocenters. The Bertz CT molecular complexity index is 3450. The average Bonchev–Trinajstić information content (AvgIpc) is 3.37. The predicted octanol–water partition coefficient (Wildman–Crippen LogP) is 16.8. The molecule has 5 aliphatic rings. The molecular formula is C64H50N2. The zero-order valence-corrected chi connectivity index (χ0v) is 37.4. The first-order valence-corrected chi connectivity index (χ1v) is 24.8. The summed E-state index contributed by atoms with van der Waals surface area (Å²) >= 11 is 0. The lowest BCUT2D eigenvalue weighted by molar-refractivity contribution is 0.786. The summed E-state index contributed by atoms with van der Waals surface area (Å²) in [6.07, 6.45) is 14.2. The van der Waals surface area contributed by atoms with Gasteiger partial charge in [0.25, 0.3) is 0 Å². The Morgan fingerprint density at radius 1 is 0.258 bits per heavy atom. The lowest BCUT2D eigenvalue weighted by atomic mass is 9.77. The largest absolute Gasteiger partial charge is 0.310 e. The van der Waals surface area contributed by atoms with Crippen LogP contribution in [0.4, 0.5) is 34.1 Å². The number of fused-ring (bicyclic) bond motifs is 6. The molecule has 0 heterocycles. The molecule has 5 aliphatic carbocycles. The van der Waals surface area contributed by atoms with Gasteiger partial charge in [-0.15, -0.1) is 0 Å². The van der Waals surface area contributed by atoms with Crippen molar-refractivity contribution in [3.63, 3.8) is 0 Å². The van der Waals surface area contributed by atoms with E-state index < -0.39 is 0 Å². The zero-order valence-electron chi connectivity index (χ0n) is 37.4. The summed E-state index contributed by atoms with van der Waals surface area (Å²) in [5.74, 6) is 0. The Morgan fingerprint density at radius 2 is 0.621 bits per heavy atom. The fourth-order valence-corrected chi connectivity index (χ4v) is 13.4. The number of nitrogens with zero attached hydrogens (tertiary/aromatic N) is 2. The summed E-state index contributed by atoms with van der Waals surface area (Å²) in [5.41, 5.74) is 25.4. The van der Waals surface area contributed by atoms with Gasteiger partial charge in [-0.2, -0.15) is 0 Å². The lowest BCUT2D eigenvalue weighted by Crippen LogP contribution is -2.17. The maximum Gasteiger partial charge on any atom is 0.0502 e. The summed E-state index contributed by atoms with van der Waals surface area (Å²) < 4.78 is 0. The highest BCUT2D eigenvalue weighted by Crippen LogP contribution is 2.53. The van der Waals surface area contributed by atoms with Crippen LogP contribution in [-0.4, -0.2) is 0 Å². The number of aryl methyl sites for hydroxylation is 8. The fourth-order valence-electron chi connectivity index (χ4n) is 13.4. The molecule has 0 aromatic heterocycles. The fraction of sp³-hybridized carbons (Fsp3) is 0.188. The molecule has 0 saturated heterocycles. The molecule has 10 aromatic carbocycles. The van der Waals surface area contributed by atoms with Gasteiger partial charge in [-0.1, -0.05) is 72.8 Å². The highest BCUT2D eigenvalue weighted by molar-refractivity contribution is 6.13. The normalized spacial score (nSPS) is 15.2. The van der Waals surface area contributed by atoms with Gasteiger partial charge < -0.3 is 9.80 Å². The van der Waals surface area contributed by atoms with Gasteiger partial charge >= 0.3 is 0 Å². The number of anilines is 6. The van der Waals surface area contributed by atoms with E-state index in [2.05, 4.69) is 168 Å². The Kier molecular flexibility index (Phi) is 7.97. The van der Waals surface area contributed by atoms with E-state index in [1.807, 2.05) is 0 Å². The Balaban J connectivity index is 0.842. The quantitative estimate of drug-likeness (QED) is 0.164. The van der Waals surface area contributed by atoms with Gasteiger partial charge in [0.2, 0.25) is 0 Å². The molecule has 0 radical (unpaired) electrons. The van der Waals surface area contributed by atoms with Crippen LogP contribution in [0.1, 0.15) is 70.2 Å². The minimum atomic E-state index is 1.12. The van der Waals surface area contributed by atoms with E-state index in [0.717, 1.165) is 25.7 Å². The van der Waals surface area contributed by atoms with E-state index >= 15 is 0 Å². The van der Waals surface area contributed by atoms with Crippen molar-refractivity contribution in [2.24, 2.45) is 0 Å². The first kappa shape index (κ1) is 37.1. The third-order valence-corrected chi connectivity index (χ3v) is 16.3. The number of benzene rings is 10. The van der Waals surface area contributed by atoms with Crippen molar-refractivity contribution < 1.29 is 0 Å². The standard InChI is InChI=1S/C64H50N2/c1-3-17-49(18-4-1)65(59-37-45-15-7-11-39-23-25-41-13-9-21-53(59)63(41)61(39)45)51-29-27-43-33-55-57(35-47(43)31-51)56-34-44-28-30-52(32-48(44)36-58(55)56)66(50-19-5-2-6-20-50)60-38-46-16-8-12-40-24-26-42-14-10-22-54(60)64(42)62(40)46/h1-6,17-20,23-38H,7-16,21-22H2. The van der Waals surface area contributed by atoms with Crippen LogP contribution < -0.4 is 9.80 Å². The van der Waals surface area contributed by atoms with Crippen LogP contribution in [0.25, 0.3) is 65.3 Å². The third kappa shape index (κ3) is 5.42. The van der Waals surface area contributed by atoms with Crippen LogP contribution in [0, 0.1) is 0 Å². The molecule has 10 aromatic rings. The van der Waals surface area contributed by atoms with Gasteiger partial charge in [-0.05, 0) is 272 Å². The van der Waals surface area contributed by atoms with Gasteiger partial charge in [0.1, 0.15) is 0 Å². The van der Waals surface area contributed by atoms with Gasteiger partial charge in [0.15, 0.2) is 0 Å². The smallest absolute Gasteiger partial charge is 0.0502 e. The summed E-state index contributed by atoms with van der Waals surface area (Å²) in [6.45, 7) is 0. The maximum absolute atomic E-state index is 2.57. The zero-order chi connectivity index (χ0) is 43.0. The van der Waals surface area contributed by atoms with E-state index in [0.29, 0.717) is 0 Å². The van der Waals surface area contributed by atoms with E-state index in [1.165, 1.54) is 163 Å². The van der Waals surface area contributed by atoms with Crippen LogP contribution in [0.5, 0.6) is 0 Å². The molecule has 0 atom stereocenters. The van der Waals surface area contributed by atoms with E-state index in [1.54, 1.807) is 32.7 Å². The molecule has 0 N–H and O–H groups in total. The first-order valence-electron chi connectivity index (χ1n) is 24.8. The third-order valence-electron chi connectivity index (χ3n) is 16.3. The van der Waals surface area contributed by atoms with Crippen molar-refractivity contribution in [1.29, 1.82) is 0 Å². The second kappa shape index (κ2) is 14.2. The minimum absolute atomic E-state index is 1.12. The molecule has 0 bridgehead atoms. The first-order chi connectivity index (χ1) is 32.7. The SMILES string of the molecule is c1ccc(N(c2ccc3cc4c(cc3c2)-c2cc3ccc(N(c5ccccc5)c5cc6c7c(ccc8c7c5CCC8)CCC6)cc3cc2-4)c2cc3c4c(ccc5c4c2CCC5)CCC3)cc1. The van der Waals surface area contributed by atoms with Crippen LogP contribution in [0.3, 0.4) is 0 Å². The number of hydrogen-bond donors (Lipinski definition) is 0. The maximum atomic E-state index is 2.57. The van der Waals surface area contributed by atoms with Crippen molar-refractivity contribution in [3.8, 4) is 22.3 Å².